The maximum Gasteiger partial charge on any atom is 0.252 e. The first-order valence-electron chi connectivity index (χ1n) is 7.96. The number of rotatable bonds is 6. The van der Waals surface area contributed by atoms with Crippen LogP contribution in [-0.4, -0.2) is 24.0 Å². The van der Waals surface area contributed by atoms with Crippen LogP contribution < -0.4 is 10.9 Å². The van der Waals surface area contributed by atoms with Crippen LogP contribution >= 0.6 is 23.2 Å². The molecule has 2 N–H and O–H groups in total. The SMILES string of the molecule is O=C(NCCOCc1ccc(Cl)cc1Cl)c1cc(=O)[nH]c2ccccc12. The summed E-state index contributed by atoms with van der Waals surface area (Å²) in [5.41, 5.74) is 1.47. The van der Waals surface area contributed by atoms with Crippen molar-refractivity contribution in [1.29, 1.82) is 0 Å². The molecule has 0 fully saturated rings. The van der Waals surface area contributed by atoms with E-state index in [9.17, 15) is 9.59 Å². The molecule has 0 bridgehead atoms. The number of para-hydroxylation sites is 1. The fraction of sp³-hybridized carbons (Fsp3) is 0.158. The van der Waals surface area contributed by atoms with Crippen LogP contribution in [-0.2, 0) is 11.3 Å². The zero-order valence-corrected chi connectivity index (χ0v) is 15.2. The molecule has 134 valence electrons. The number of benzene rings is 2. The fourth-order valence-electron chi connectivity index (χ4n) is 2.55. The van der Waals surface area contributed by atoms with Crippen LogP contribution in [0.25, 0.3) is 10.9 Å². The Balaban J connectivity index is 1.56. The highest BCUT2D eigenvalue weighted by Crippen LogP contribution is 2.21. The Bertz CT molecular complexity index is 1000. The van der Waals surface area contributed by atoms with E-state index in [-0.39, 0.29) is 11.5 Å². The standard InChI is InChI=1S/C19H16Cl2N2O3/c20-13-6-5-12(16(21)9-13)11-26-8-7-22-19(25)15-10-18(24)23-17-4-2-1-3-14(15)17/h1-6,9-10H,7-8,11H2,(H,22,25)(H,23,24). The summed E-state index contributed by atoms with van der Waals surface area (Å²) < 4.78 is 5.53. The largest absolute Gasteiger partial charge is 0.375 e. The number of pyridine rings is 1. The quantitative estimate of drug-likeness (QED) is 0.629. The molecule has 0 atom stereocenters. The van der Waals surface area contributed by atoms with Gasteiger partial charge in [0, 0.05) is 33.6 Å². The fourth-order valence-corrected chi connectivity index (χ4v) is 3.01. The molecule has 0 aliphatic carbocycles. The van der Waals surface area contributed by atoms with Crippen molar-refractivity contribution < 1.29 is 9.53 Å². The third kappa shape index (κ3) is 4.43. The first kappa shape index (κ1) is 18.5. The normalized spacial score (nSPS) is 10.8. The average molecular weight is 391 g/mol. The minimum atomic E-state index is -0.319. The predicted molar refractivity (Wildman–Crippen MR) is 103 cm³/mol. The summed E-state index contributed by atoms with van der Waals surface area (Å²) in [6, 6.07) is 13.7. The molecule has 0 saturated carbocycles. The van der Waals surface area contributed by atoms with Crippen molar-refractivity contribution in [3.63, 3.8) is 0 Å². The Morgan fingerprint density at radius 3 is 2.73 bits per heavy atom. The number of aromatic amines is 1. The third-order valence-electron chi connectivity index (χ3n) is 3.80. The number of hydrogen-bond acceptors (Lipinski definition) is 3. The number of carbonyl (C=O) groups excluding carboxylic acids is 1. The molecular weight excluding hydrogens is 375 g/mol. The van der Waals surface area contributed by atoms with E-state index in [1.54, 1.807) is 36.4 Å². The topological polar surface area (TPSA) is 71.2 Å². The molecule has 1 aromatic heterocycles. The van der Waals surface area contributed by atoms with Gasteiger partial charge in [0.25, 0.3) is 5.91 Å². The van der Waals surface area contributed by atoms with Crippen molar-refractivity contribution in [2.45, 2.75) is 6.61 Å². The highest BCUT2D eigenvalue weighted by Gasteiger charge is 2.11. The molecule has 7 heteroatoms. The summed E-state index contributed by atoms with van der Waals surface area (Å²) >= 11 is 11.9. The Kier molecular flexibility index (Phi) is 5.93. The van der Waals surface area contributed by atoms with Gasteiger partial charge in [-0.3, -0.25) is 9.59 Å². The van der Waals surface area contributed by atoms with Crippen LogP contribution in [0.1, 0.15) is 15.9 Å². The zero-order valence-electron chi connectivity index (χ0n) is 13.7. The van der Waals surface area contributed by atoms with E-state index < -0.39 is 0 Å². The van der Waals surface area contributed by atoms with Crippen molar-refractivity contribution in [2.24, 2.45) is 0 Å². The second kappa shape index (κ2) is 8.36. The van der Waals surface area contributed by atoms with Crippen LogP contribution in [0.2, 0.25) is 10.0 Å². The minimum Gasteiger partial charge on any atom is -0.375 e. The second-order valence-corrected chi connectivity index (χ2v) is 6.48. The van der Waals surface area contributed by atoms with E-state index in [0.29, 0.717) is 46.3 Å². The van der Waals surface area contributed by atoms with Gasteiger partial charge in [0.1, 0.15) is 0 Å². The molecule has 0 radical (unpaired) electrons. The first-order valence-corrected chi connectivity index (χ1v) is 8.72. The van der Waals surface area contributed by atoms with Gasteiger partial charge >= 0.3 is 0 Å². The smallest absolute Gasteiger partial charge is 0.252 e. The lowest BCUT2D eigenvalue weighted by Crippen LogP contribution is -2.28. The van der Waals surface area contributed by atoms with Gasteiger partial charge in [0.2, 0.25) is 5.56 Å². The molecule has 0 spiro atoms. The highest BCUT2D eigenvalue weighted by molar-refractivity contribution is 6.35. The van der Waals surface area contributed by atoms with E-state index in [2.05, 4.69) is 10.3 Å². The number of fused-ring (bicyclic) bond motifs is 1. The van der Waals surface area contributed by atoms with Crippen molar-refractivity contribution in [3.05, 3.63) is 80.1 Å². The van der Waals surface area contributed by atoms with Gasteiger partial charge in [-0.25, -0.2) is 0 Å². The van der Waals surface area contributed by atoms with Gasteiger partial charge in [-0.1, -0.05) is 47.5 Å². The maximum atomic E-state index is 12.4. The molecule has 0 aliphatic heterocycles. The Morgan fingerprint density at radius 1 is 1.12 bits per heavy atom. The number of ether oxygens (including phenoxy) is 1. The molecule has 1 amide bonds. The van der Waals surface area contributed by atoms with Crippen LogP contribution in [0.4, 0.5) is 0 Å². The number of halogens is 2. The highest BCUT2D eigenvalue weighted by atomic mass is 35.5. The van der Waals surface area contributed by atoms with Crippen LogP contribution in [0.3, 0.4) is 0 Å². The van der Waals surface area contributed by atoms with Crippen molar-refractivity contribution >= 4 is 40.0 Å². The van der Waals surface area contributed by atoms with E-state index in [1.807, 2.05) is 6.07 Å². The van der Waals surface area contributed by atoms with Crippen LogP contribution in [0.5, 0.6) is 0 Å². The van der Waals surface area contributed by atoms with E-state index >= 15 is 0 Å². The molecule has 0 saturated heterocycles. The predicted octanol–water partition coefficient (Wildman–Crippen LogP) is 3.78. The summed E-state index contributed by atoms with van der Waals surface area (Å²) in [6.07, 6.45) is 0. The molecule has 0 aliphatic rings. The zero-order chi connectivity index (χ0) is 18.5. The molecule has 1 heterocycles. The summed E-state index contributed by atoms with van der Waals surface area (Å²) in [6.45, 7) is 0.941. The van der Waals surface area contributed by atoms with Crippen molar-refractivity contribution in [2.75, 3.05) is 13.2 Å². The third-order valence-corrected chi connectivity index (χ3v) is 4.39. The van der Waals surface area contributed by atoms with E-state index in [4.69, 9.17) is 27.9 Å². The lowest BCUT2D eigenvalue weighted by Gasteiger charge is -2.09. The summed E-state index contributed by atoms with van der Waals surface area (Å²) in [4.78, 5) is 26.8. The van der Waals surface area contributed by atoms with Gasteiger partial charge in [-0.15, -0.1) is 0 Å². The van der Waals surface area contributed by atoms with Gasteiger partial charge in [-0.05, 0) is 23.8 Å². The van der Waals surface area contributed by atoms with Crippen molar-refractivity contribution in [1.82, 2.24) is 10.3 Å². The maximum absolute atomic E-state index is 12.4. The van der Waals surface area contributed by atoms with Gasteiger partial charge < -0.3 is 15.0 Å². The molecular formula is C19H16Cl2N2O3. The van der Waals surface area contributed by atoms with E-state index in [0.717, 1.165) is 5.56 Å². The van der Waals surface area contributed by atoms with Crippen LogP contribution in [0, 0.1) is 0 Å². The molecule has 5 nitrogen and oxygen atoms in total. The minimum absolute atomic E-state index is 0.311. The lowest BCUT2D eigenvalue weighted by molar-refractivity contribution is 0.0902. The van der Waals surface area contributed by atoms with Gasteiger partial charge in [0.05, 0.1) is 18.8 Å². The van der Waals surface area contributed by atoms with Crippen LogP contribution in [0.15, 0.2) is 53.3 Å². The Hall–Kier alpha value is -2.34. The van der Waals surface area contributed by atoms with Crippen molar-refractivity contribution in [3.8, 4) is 0 Å². The van der Waals surface area contributed by atoms with Gasteiger partial charge in [0.15, 0.2) is 0 Å². The molecule has 0 unspecified atom stereocenters. The molecule has 26 heavy (non-hydrogen) atoms. The molecule has 3 aromatic rings. The number of amides is 1. The monoisotopic (exact) mass is 390 g/mol. The average Bonchev–Trinajstić information content (AvgIpc) is 2.62. The summed E-state index contributed by atoms with van der Waals surface area (Å²) in [5.74, 6) is -0.319. The number of nitrogens with one attached hydrogen (secondary N) is 2. The van der Waals surface area contributed by atoms with E-state index in [1.165, 1.54) is 6.07 Å². The first-order chi connectivity index (χ1) is 12.5. The summed E-state index contributed by atoms with van der Waals surface area (Å²) in [7, 11) is 0. The Labute approximate surface area is 159 Å². The summed E-state index contributed by atoms with van der Waals surface area (Å²) in [5, 5.41) is 4.55. The number of H-pyrrole nitrogens is 1. The molecule has 2 aromatic carbocycles. The Morgan fingerprint density at radius 2 is 1.92 bits per heavy atom. The number of aromatic nitrogens is 1. The van der Waals surface area contributed by atoms with Gasteiger partial charge in [-0.2, -0.15) is 0 Å². The second-order valence-electron chi connectivity index (χ2n) is 5.64. The molecule has 3 rings (SSSR count). The number of hydrogen-bond donors (Lipinski definition) is 2. The lowest BCUT2D eigenvalue weighted by atomic mass is 10.1. The number of carbonyl (C=O) groups is 1.